The first-order valence-electron chi connectivity index (χ1n) is 4.82. The minimum atomic E-state index is -0.198. The van der Waals surface area contributed by atoms with Crippen molar-refractivity contribution in [2.24, 2.45) is 5.41 Å². The van der Waals surface area contributed by atoms with Gasteiger partial charge >= 0.3 is 0 Å². The Kier molecular flexibility index (Phi) is 2.79. The van der Waals surface area contributed by atoms with Gasteiger partial charge in [0.15, 0.2) is 5.78 Å². The SMILES string of the molecule is C=C1C(=O)CCN(CC(C)(C)C)C1=O. The average Bonchev–Trinajstić information content (AvgIpc) is 2.04. The third-order valence-electron chi connectivity index (χ3n) is 2.16. The van der Waals surface area contributed by atoms with Gasteiger partial charge in [0.25, 0.3) is 5.91 Å². The molecule has 0 aromatic heterocycles. The number of carbonyl (C=O) groups excluding carboxylic acids is 2. The fourth-order valence-corrected chi connectivity index (χ4v) is 1.52. The molecular formula is C11H17NO2. The number of rotatable bonds is 1. The van der Waals surface area contributed by atoms with E-state index in [-0.39, 0.29) is 22.7 Å². The van der Waals surface area contributed by atoms with E-state index in [1.165, 1.54) is 0 Å². The number of Topliss-reactive ketones (excluding diaryl/α,β-unsaturated/α-hetero) is 1. The smallest absolute Gasteiger partial charge is 0.256 e. The molecule has 3 nitrogen and oxygen atoms in total. The van der Waals surface area contributed by atoms with Gasteiger partial charge in [-0.3, -0.25) is 9.59 Å². The van der Waals surface area contributed by atoms with Crippen molar-refractivity contribution in [2.45, 2.75) is 27.2 Å². The summed E-state index contributed by atoms with van der Waals surface area (Å²) < 4.78 is 0. The second-order valence-electron chi connectivity index (χ2n) is 4.94. The molecule has 0 N–H and O–H groups in total. The van der Waals surface area contributed by atoms with E-state index in [1.807, 2.05) is 0 Å². The fourth-order valence-electron chi connectivity index (χ4n) is 1.52. The molecule has 0 aromatic rings. The largest absolute Gasteiger partial charge is 0.338 e. The Morgan fingerprint density at radius 2 is 1.93 bits per heavy atom. The maximum absolute atomic E-state index is 11.6. The number of amides is 1. The third-order valence-corrected chi connectivity index (χ3v) is 2.16. The van der Waals surface area contributed by atoms with E-state index < -0.39 is 0 Å². The lowest BCUT2D eigenvalue weighted by Crippen LogP contribution is -2.44. The van der Waals surface area contributed by atoms with E-state index in [0.717, 1.165) is 0 Å². The fraction of sp³-hybridized carbons (Fsp3) is 0.636. The highest BCUT2D eigenvalue weighted by atomic mass is 16.2. The highest BCUT2D eigenvalue weighted by Gasteiger charge is 2.30. The van der Waals surface area contributed by atoms with Gasteiger partial charge in [0.05, 0.1) is 5.57 Å². The second kappa shape index (κ2) is 3.56. The molecule has 0 aromatic carbocycles. The van der Waals surface area contributed by atoms with Gasteiger partial charge < -0.3 is 4.90 Å². The van der Waals surface area contributed by atoms with Crippen molar-refractivity contribution >= 4 is 11.7 Å². The van der Waals surface area contributed by atoms with E-state index in [0.29, 0.717) is 19.5 Å². The zero-order valence-corrected chi connectivity index (χ0v) is 9.09. The van der Waals surface area contributed by atoms with E-state index in [1.54, 1.807) is 4.90 Å². The van der Waals surface area contributed by atoms with Crippen LogP contribution in [0.25, 0.3) is 0 Å². The van der Waals surface area contributed by atoms with Gasteiger partial charge in [-0.2, -0.15) is 0 Å². The molecule has 0 saturated carbocycles. The van der Waals surface area contributed by atoms with Crippen LogP contribution in [0, 0.1) is 5.41 Å². The van der Waals surface area contributed by atoms with Crippen LogP contribution in [0.4, 0.5) is 0 Å². The summed E-state index contributed by atoms with van der Waals surface area (Å²) in [7, 11) is 0. The van der Waals surface area contributed by atoms with Crippen molar-refractivity contribution in [3.63, 3.8) is 0 Å². The van der Waals surface area contributed by atoms with Crippen LogP contribution < -0.4 is 0 Å². The highest BCUT2D eigenvalue weighted by molar-refractivity contribution is 6.20. The van der Waals surface area contributed by atoms with Gasteiger partial charge in [0.1, 0.15) is 0 Å². The Morgan fingerprint density at radius 1 is 1.36 bits per heavy atom. The van der Waals surface area contributed by atoms with Gasteiger partial charge in [-0.1, -0.05) is 27.4 Å². The molecule has 1 fully saturated rings. The summed E-state index contributed by atoms with van der Waals surface area (Å²) in [5.74, 6) is -0.309. The van der Waals surface area contributed by atoms with Crippen molar-refractivity contribution in [3.05, 3.63) is 12.2 Å². The van der Waals surface area contributed by atoms with Crippen LogP contribution in [0.2, 0.25) is 0 Å². The number of ketones is 1. The summed E-state index contributed by atoms with van der Waals surface area (Å²) in [4.78, 5) is 24.5. The quantitative estimate of drug-likeness (QED) is 0.468. The van der Waals surface area contributed by atoms with Crippen molar-refractivity contribution in [3.8, 4) is 0 Å². The van der Waals surface area contributed by atoms with Crippen molar-refractivity contribution < 1.29 is 9.59 Å². The summed E-state index contributed by atoms with van der Waals surface area (Å²) in [5, 5.41) is 0. The summed E-state index contributed by atoms with van der Waals surface area (Å²) in [6, 6.07) is 0. The standard InChI is InChI=1S/C11H17NO2/c1-8-9(13)5-6-12(10(8)14)7-11(2,3)4/h1,5-7H2,2-4H3. The normalized spacial score (nSPS) is 19.1. The molecule has 0 aliphatic carbocycles. The lowest BCUT2D eigenvalue weighted by molar-refractivity contribution is -0.134. The molecule has 1 amide bonds. The Bertz CT molecular complexity index is 286. The van der Waals surface area contributed by atoms with E-state index in [9.17, 15) is 9.59 Å². The van der Waals surface area contributed by atoms with Gasteiger partial charge in [-0.25, -0.2) is 0 Å². The molecular weight excluding hydrogens is 178 g/mol. The molecule has 0 bridgehead atoms. The minimum Gasteiger partial charge on any atom is -0.338 e. The molecule has 14 heavy (non-hydrogen) atoms. The lowest BCUT2D eigenvalue weighted by Gasteiger charge is -2.32. The van der Waals surface area contributed by atoms with Crippen LogP contribution in [0.3, 0.4) is 0 Å². The first-order chi connectivity index (χ1) is 6.31. The summed E-state index contributed by atoms with van der Waals surface area (Å²) in [5.41, 5.74) is 0.205. The Balaban J connectivity index is 2.70. The van der Waals surface area contributed by atoms with Crippen LogP contribution in [-0.2, 0) is 9.59 Å². The number of hydrogen-bond donors (Lipinski definition) is 0. The maximum atomic E-state index is 11.6. The van der Waals surface area contributed by atoms with Gasteiger partial charge in [0.2, 0.25) is 0 Å². The summed E-state index contributed by atoms with van der Waals surface area (Å²) in [6.45, 7) is 10.9. The predicted molar refractivity (Wildman–Crippen MR) is 54.8 cm³/mol. The third kappa shape index (κ3) is 2.44. The highest BCUT2D eigenvalue weighted by Crippen LogP contribution is 2.20. The number of likely N-dealkylation sites (tertiary alicyclic amines) is 1. The second-order valence-corrected chi connectivity index (χ2v) is 4.94. The van der Waals surface area contributed by atoms with Crippen LogP contribution in [0.5, 0.6) is 0 Å². The number of hydrogen-bond acceptors (Lipinski definition) is 2. The van der Waals surface area contributed by atoms with Gasteiger partial charge in [0, 0.05) is 19.5 Å². The van der Waals surface area contributed by atoms with Crippen molar-refractivity contribution in [1.82, 2.24) is 4.90 Å². The van der Waals surface area contributed by atoms with Crippen molar-refractivity contribution in [2.75, 3.05) is 13.1 Å². The maximum Gasteiger partial charge on any atom is 0.256 e. The summed E-state index contributed by atoms with van der Waals surface area (Å²) in [6.07, 6.45) is 0.417. The molecule has 0 radical (unpaired) electrons. The van der Waals surface area contributed by atoms with Crippen LogP contribution >= 0.6 is 0 Å². The van der Waals surface area contributed by atoms with Crippen LogP contribution in [0.15, 0.2) is 12.2 Å². The number of nitrogens with zero attached hydrogens (tertiary/aromatic N) is 1. The topological polar surface area (TPSA) is 37.4 Å². The first kappa shape index (κ1) is 11.0. The molecule has 1 aliphatic heterocycles. The molecule has 0 unspecified atom stereocenters. The average molecular weight is 195 g/mol. The van der Waals surface area contributed by atoms with Gasteiger partial charge in [-0.05, 0) is 5.41 Å². The molecule has 3 heteroatoms. The van der Waals surface area contributed by atoms with Gasteiger partial charge in [-0.15, -0.1) is 0 Å². The predicted octanol–water partition coefficient (Wildman–Crippen LogP) is 1.39. The van der Waals surface area contributed by atoms with Crippen LogP contribution in [-0.4, -0.2) is 29.7 Å². The summed E-state index contributed by atoms with van der Waals surface area (Å²) >= 11 is 0. The number of piperidine rings is 1. The monoisotopic (exact) mass is 195 g/mol. The molecule has 1 aliphatic rings. The number of carbonyl (C=O) groups is 2. The molecule has 0 spiro atoms. The molecule has 1 heterocycles. The molecule has 1 saturated heterocycles. The van der Waals surface area contributed by atoms with E-state index >= 15 is 0 Å². The molecule has 78 valence electrons. The zero-order chi connectivity index (χ0) is 10.9. The molecule has 1 rings (SSSR count). The van der Waals surface area contributed by atoms with Crippen LogP contribution in [0.1, 0.15) is 27.2 Å². The Morgan fingerprint density at radius 3 is 2.43 bits per heavy atom. The minimum absolute atomic E-state index is 0.0658. The molecule has 0 atom stereocenters. The lowest BCUT2D eigenvalue weighted by atomic mass is 9.94. The van der Waals surface area contributed by atoms with E-state index in [4.69, 9.17) is 0 Å². The first-order valence-corrected chi connectivity index (χ1v) is 4.82. The van der Waals surface area contributed by atoms with E-state index in [2.05, 4.69) is 27.4 Å². The Hall–Kier alpha value is -1.12. The van der Waals surface area contributed by atoms with Crippen molar-refractivity contribution in [1.29, 1.82) is 0 Å². The zero-order valence-electron chi connectivity index (χ0n) is 9.09. The Labute approximate surface area is 84.8 Å².